The van der Waals surface area contributed by atoms with E-state index in [0.29, 0.717) is 12.3 Å². The Morgan fingerprint density at radius 3 is 2.06 bits per heavy atom. The van der Waals surface area contributed by atoms with Crippen LogP contribution in [0.4, 0.5) is 0 Å². The second-order valence-corrected chi connectivity index (χ2v) is 10.8. The number of aliphatic hydroxyl groups is 1. The van der Waals surface area contributed by atoms with Gasteiger partial charge in [0.2, 0.25) is 5.90 Å². The lowest BCUT2D eigenvalue weighted by Gasteiger charge is -2.24. The molecular weight excluding hydrogens is 438 g/mol. The van der Waals surface area contributed by atoms with Crippen molar-refractivity contribution in [1.29, 1.82) is 0 Å². The molecule has 0 aliphatic carbocycles. The van der Waals surface area contributed by atoms with Gasteiger partial charge in [-0.1, -0.05) is 102 Å². The molecule has 1 heterocycles. The summed E-state index contributed by atoms with van der Waals surface area (Å²) in [5.41, 5.74) is 0.841. The van der Waals surface area contributed by atoms with Crippen molar-refractivity contribution in [1.82, 2.24) is 0 Å². The fourth-order valence-electron chi connectivity index (χ4n) is 4.24. The summed E-state index contributed by atoms with van der Waals surface area (Å²) >= 11 is 0. The van der Waals surface area contributed by atoms with Gasteiger partial charge in [0.25, 0.3) is 10.1 Å². The molecule has 1 N–H and O–H groups in total. The van der Waals surface area contributed by atoms with E-state index in [0.717, 1.165) is 31.1 Å². The summed E-state index contributed by atoms with van der Waals surface area (Å²) in [6.07, 6.45) is 14.4. The molecule has 0 amide bonds. The van der Waals surface area contributed by atoms with Crippen LogP contribution in [0.3, 0.4) is 0 Å². The Hall–Kier alpha value is -1.44. The van der Waals surface area contributed by atoms with Crippen molar-refractivity contribution < 1.29 is 22.4 Å². The van der Waals surface area contributed by atoms with Gasteiger partial charge in [0.15, 0.2) is 0 Å². The zero-order valence-electron chi connectivity index (χ0n) is 20.5. The minimum absolute atomic E-state index is 0.216. The lowest BCUT2D eigenvalue weighted by atomic mass is 10.00. The number of benzene rings is 1. The van der Waals surface area contributed by atoms with Crippen LogP contribution in [0.2, 0.25) is 0 Å². The van der Waals surface area contributed by atoms with Crippen molar-refractivity contribution in [3.63, 3.8) is 0 Å². The molecule has 3 atom stereocenters. The highest BCUT2D eigenvalue weighted by Crippen LogP contribution is 2.22. The molecule has 1 aromatic carbocycles. The van der Waals surface area contributed by atoms with E-state index < -0.39 is 28.4 Å². The van der Waals surface area contributed by atoms with Crippen LogP contribution in [0, 0.1) is 0 Å². The maximum Gasteiger partial charge on any atom is 0.264 e. The highest BCUT2D eigenvalue weighted by Gasteiger charge is 2.34. The molecule has 7 heteroatoms. The molecule has 1 aromatic rings. The van der Waals surface area contributed by atoms with Gasteiger partial charge in [-0.3, -0.25) is 4.18 Å². The Morgan fingerprint density at radius 1 is 0.970 bits per heavy atom. The average Bonchev–Trinajstić information content (AvgIpc) is 3.29. The molecule has 0 spiro atoms. The monoisotopic (exact) mass is 481 g/mol. The highest BCUT2D eigenvalue weighted by atomic mass is 32.2. The first-order chi connectivity index (χ1) is 15.9. The molecule has 188 valence electrons. The number of aliphatic imine (C=N–C) groups is 1. The summed E-state index contributed by atoms with van der Waals surface area (Å²) in [5, 5.41) is 10.8. The van der Waals surface area contributed by atoms with Gasteiger partial charge in [-0.2, -0.15) is 8.42 Å². The smallest absolute Gasteiger partial charge is 0.264 e. The van der Waals surface area contributed by atoms with Crippen molar-refractivity contribution in [2.24, 2.45) is 4.99 Å². The largest absolute Gasteiger partial charge is 0.475 e. The van der Waals surface area contributed by atoms with Gasteiger partial charge in [-0.05, 0) is 18.6 Å². The topological polar surface area (TPSA) is 85.2 Å². The first kappa shape index (κ1) is 27.8. The van der Waals surface area contributed by atoms with Crippen LogP contribution in [0.15, 0.2) is 35.3 Å². The van der Waals surface area contributed by atoms with Crippen molar-refractivity contribution in [2.45, 2.75) is 109 Å². The third-order valence-electron chi connectivity index (χ3n) is 6.11. The fraction of sp³-hybridized carbons (Fsp3) is 0.731. The van der Waals surface area contributed by atoms with Crippen LogP contribution >= 0.6 is 0 Å². The summed E-state index contributed by atoms with van der Waals surface area (Å²) in [6.45, 7) is 2.46. The maximum absolute atomic E-state index is 11.8. The molecule has 0 saturated heterocycles. The summed E-state index contributed by atoms with van der Waals surface area (Å²) < 4.78 is 34.4. The van der Waals surface area contributed by atoms with E-state index in [4.69, 9.17) is 8.92 Å². The van der Waals surface area contributed by atoms with Crippen molar-refractivity contribution in [3.8, 4) is 0 Å². The molecule has 0 fully saturated rings. The van der Waals surface area contributed by atoms with Crippen molar-refractivity contribution in [2.75, 3.05) is 12.9 Å². The van der Waals surface area contributed by atoms with E-state index in [2.05, 4.69) is 11.9 Å². The van der Waals surface area contributed by atoms with E-state index in [9.17, 15) is 13.5 Å². The van der Waals surface area contributed by atoms with Crippen LogP contribution < -0.4 is 0 Å². The van der Waals surface area contributed by atoms with E-state index in [1.807, 2.05) is 30.3 Å². The first-order valence-corrected chi connectivity index (χ1v) is 14.5. The zero-order valence-corrected chi connectivity index (χ0v) is 21.3. The predicted molar refractivity (Wildman–Crippen MR) is 134 cm³/mol. The molecular formula is C26H43NO5S. The van der Waals surface area contributed by atoms with Gasteiger partial charge in [-0.15, -0.1) is 0 Å². The molecule has 2 rings (SSSR count). The van der Waals surface area contributed by atoms with Gasteiger partial charge < -0.3 is 9.84 Å². The summed E-state index contributed by atoms with van der Waals surface area (Å²) in [4.78, 5) is 4.49. The number of rotatable bonds is 18. The van der Waals surface area contributed by atoms with Crippen molar-refractivity contribution in [3.05, 3.63) is 35.9 Å². The number of nitrogens with zero attached hydrogens (tertiary/aromatic N) is 1. The zero-order chi connectivity index (χ0) is 23.9. The molecule has 0 radical (unpaired) electrons. The average molecular weight is 482 g/mol. The van der Waals surface area contributed by atoms with Crippen LogP contribution in [0.25, 0.3) is 0 Å². The molecule has 6 nitrogen and oxygen atoms in total. The Kier molecular flexibility index (Phi) is 13.0. The van der Waals surface area contributed by atoms with Gasteiger partial charge in [0.1, 0.15) is 24.9 Å². The molecule has 1 aliphatic heterocycles. The van der Waals surface area contributed by atoms with E-state index in [1.165, 1.54) is 57.8 Å². The maximum atomic E-state index is 11.8. The molecule has 33 heavy (non-hydrogen) atoms. The summed E-state index contributed by atoms with van der Waals surface area (Å²) in [6, 6.07) is 8.96. The quantitative estimate of drug-likeness (QED) is 0.217. The number of ether oxygens (including phenoxy) is 1. The van der Waals surface area contributed by atoms with Crippen LogP contribution in [0.1, 0.15) is 96.0 Å². The molecule has 1 aliphatic rings. The molecule has 0 bridgehead atoms. The third-order valence-corrected chi connectivity index (χ3v) is 6.71. The molecule has 0 saturated carbocycles. The summed E-state index contributed by atoms with van der Waals surface area (Å²) in [5.74, 6) is 0.475. The minimum atomic E-state index is -3.68. The summed E-state index contributed by atoms with van der Waals surface area (Å²) in [7, 11) is -3.68. The first-order valence-electron chi connectivity index (χ1n) is 12.7. The van der Waals surface area contributed by atoms with E-state index in [-0.39, 0.29) is 6.61 Å². The number of unbranched alkanes of at least 4 members (excludes halogenated alkanes) is 11. The standard InChI is InChI=1S/C26H43NO5S/c1-3-4-5-6-7-8-9-10-11-12-13-17-20-24(32-33(2,29)30)25(28)23-21-31-26(27-23)22-18-15-14-16-19-22/h14-16,18-19,23-25,28H,3-13,17,20-21H2,1-2H3/t23-,24+,25-/m0/s1. The number of aliphatic hydroxyl groups excluding tert-OH is 1. The van der Waals surface area contributed by atoms with Crippen LogP contribution in [-0.2, 0) is 19.0 Å². The Morgan fingerprint density at radius 2 is 1.52 bits per heavy atom. The predicted octanol–water partition coefficient (Wildman–Crippen LogP) is 5.63. The van der Waals surface area contributed by atoms with Gasteiger partial charge in [0, 0.05) is 5.56 Å². The van der Waals surface area contributed by atoms with Gasteiger partial charge >= 0.3 is 0 Å². The SMILES string of the molecule is CCCCCCCCCCCCCC[C@@H](OS(C)(=O)=O)[C@@H](O)[C@@H]1COC(c2ccccc2)=N1. The van der Waals surface area contributed by atoms with E-state index >= 15 is 0 Å². The highest BCUT2D eigenvalue weighted by molar-refractivity contribution is 7.86. The van der Waals surface area contributed by atoms with Crippen LogP contribution in [0.5, 0.6) is 0 Å². The lowest BCUT2D eigenvalue weighted by molar-refractivity contribution is 0.0134. The number of hydrogen-bond donors (Lipinski definition) is 1. The Labute approximate surface area is 200 Å². The van der Waals surface area contributed by atoms with Crippen molar-refractivity contribution >= 4 is 16.0 Å². The normalized spacial score (nSPS) is 18.0. The Bertz CT molecular complexity index is 781. The second kappa shape index (κ2) is 15.5. The van der Waals surface area contributed by atoms with Crippen LogP contribution in [-0.4, -0.2) is 50.5 Å². The molecule has 0 unspecified atom stereocenters. The minimum Gasteiger partial charge on any atom is -0.475 e. The second-order valence-electron chi connectivity index (χ2n) is 9.19. The van der Waals surface area contributed by atoms with Gasteiger partial charge in [0.05, 0.1) is 6.26 Å². The number of hydrogen-bond acceptors (Lipinski definition) is 6. The Balaban J connectivity index is 1.71. The van der Waals surface area contributed by atoms with E-state index in [1.54, 1.807) is 0 Å². The third kappa shape index (κ3) is 11.5. The lowest BCUT2D eigenvalue weighted by Crippen LogP contribution is -2.40. The van der Waals surface area contributed by atoms with Gasteiger partial charge in [-0.25, -0.2) is 4.99 Å². The molecule has 0 aromatic heterocycles. The fourth-order valence-corrected chi connectivity index (χ4v) is 4.90.